The number of nitrogens with zero attached hydrogens (tertiary/aromatic N) is 1. The lowest BCUT2D eigenvalue weighted by Gasteiger charge is -2.39. The van der Waals surface area contributed by atoms with Crippen LogP contribution in [0.4, 0.5) is 4.39 Å². The minimum atomic E-state index is -3.83. The molecule has 0 radical (unpaired) electrons. The Morgan fingerprint density at radius 3 is 2.46 bits per heavy atom. The molecular formula is C26H34FN3O4S. The van der Waals surface area contributed by atoms with Gasteiger partial charge < -0.3 is 15.2 Å². The van der Waals surface area contributed by atoms with Gasteiger partial charge in [0, 0.05) is 12.2 Å². The highest BCUT2D eigenvalue weighted by Crippen LogP contribution is 2.32. The van der Waals surface area contributed by atoms with Gasteiger partial charge in [-0.25, -0.2) is 22.5 Å². The summed E-state index contributed by atoms with van der Waals surface area (Å²) in [6, 6.07) is 13.3. The summed E-state index contributed by atoms with van der Waals surface area (Å²) in [5, 5.41) is 12.0. The highest BCUT2D eigenvalue weighted by atomic mass is 32.2. The number of aliphatic imine (C=N–C) groups is 1. The van der Waals surface area contributed by atoms with E-state index in [0.717, 1.165) is 31.5 Å². The second-order valence-corrected chi connectivity index (χ2v) is 11.7. The average Bonchev–Trinajstić information content (AvgIpc) is 2.82. The topological polar surface area (TPSA) is 100 Å². The first-order valence-electron chi connectivity index (χ1n) is 12.1. The summed E-state index contributed by atoms with van der Waals surface area (Å²) in [6.07, 6.45) is 2.62. The molecule has 3 N–H and O–H groups in total. The monoisotopic (exact) mass is 503 g/mol. The van der Waals surface area contributed by atoms with Crippen LogP contribution in [0.1, 0.15) is 61.8 Å². The zero-order valence-corrected chi connectivity index (χ0v) is 21.0. The third kappa shape index (κ3) is 6.02. The lowest BCUT2D eigenvalue weighted by Crippen LogP contribution is -2.59. The SMILES string of the molecule is CC1(C)OC(=N[C@@H](CCO)c2ccccc2F)NS(=O)(=O)C1Cc1ccc(C2CCNCC2)cc1. The second kappa shape index (κ2) is 10.6. The molecule has 2 aliphatic rings. The van der Waals surface area contributed by atoms with Crippen molar-refractivity contribution >= 4 is 16.0 Å². The van der Waals surface area contributed by atoms with E-state index in [9.17, 15) is 17.9 Å². The van der Waals surface area contributed by atoms with Gasteiger partial charge in [-0.1, -0.05) is 42.5 Å². The molecule has 2 aromatic rings. The van der Waals surface area contributed by atoms with Gasteiger partial charge in [0.2, 0.25) is 10.0 Å². The van der Waals surface area contributed by atoms with Gasteiger partial charge in [0.25, 0.3) is 6.02 Å². The maximum absolute atomic E-state index is 14.3. The molecule has 0 saturated carbocycles. The van der Waals surface area contributed by atoms with Gasteiger partial charge in [-0.2, -0.15) is 0 Å². The predicted octanol–water partition coefficient (Wildman–Crippen LogP) is 3.41. The predicted molar refractivity (Wildman–Crippen MR) is 134 cm³/mol. The molecule has 0 spiro atoms. The average molecular weight is 504 g/mol. The maximum atomic E-state index is 14.3. The number of hydrogen-bond acceptors (Lipinski definition) is 6. The number of aliphatic hydroxyl groups excluding tert-OH is 1. The van der Waals surface area contributed by atoms with E-state index in [2.05, 4.69) is 27.2 Å². The summed E-state index contributed by atoms with van der Waals surface area (Å²) in [5.41, 5.74) is 1.40. The van der Waals surface area contributed by atoms with Crippen molar-refractivity contribution in [2.24, 2.45) is 4.99 Å². The quantitative estimate of drug-likeness (QED) is 0.538. The largest absolute Gasteiger partial charge is 0.457 e. The standard InChI is InChI=1S/C26H34FN3O4S/c1-26(2)24(17-18-7-9-19(10-8-18)20-11-14-28-15-12-20)35(32,33)30-25(34-26)29-23(13-16-31)21-5-3-4-6-22(21)27/h3-10,20,23-24,28,31H,11-17H2,1-2H3,(H,29,30)/t23-,24?/m0/s1. The lowest BCUT2D eigenvalue weighted by atomic mass is 9.89. The van der Waals surface area contributed by atoms with E-state index < -0.39 is 32.7 Å². The molecule has 190 valence electrons. The highest BCUT2D eigenvalue weighted by Gasteiger charge is 2.47. The number of hydrogen-bond donors (Lipinski definition) is 3. The minimum Gasteiger partial charge on any atom is -0.457 e. The van der Waals surface area contributed by atoms with Gasteiger partial charge in [0.15, 0.2) is 0 Å². The first kappa shape index (κ1) is 25.6. The van der Waals surface area contributed by atoms with Crippen molar-refractivity contribution in [1.29, 1.82) is 0 Å². The molecule has 4 rings (SSSR count). The van der Waals surface area contributed by atoms with Crippen LogP contribution in [-0.2, 0) is 21.2 Å². The number of piperidine rings is 1. The van der Waals surface area contributed by atoms with E-state index in [-0.39, 0.29) is 31.0 Å². The Bertz CT molecular complexity index is 1150. The molecular weight excluding hydrogens is 469 g/mol. The zero-order valence-electron chi connectivity index (χ0n) is 20.2. The summed E-state index contributed by atoms with van der Waals surface area (Å²) < 4.78 is 49.3. The summed E-state index contributed by atoms with van der Waals surface area (Å²) >= 11 is 0. The van der Waals surface area contributed by atoms with Crippen LogP contribution in [0.5, 0.6) is 0 Å². The molecule has 0 aromatic heterocycles. The van der Waals surface area contributed by atoms with Crippen LogP contribution in [0.15, 0.2) is 53.5 Å². The van der Waals surface area contributed by atoms with Crippen molar-refractivity contribution in [3.8, 4) is 0 Å². The number of sulfonamides is 1. The molecule has 2 fully saturated rings. The summed E-state index contributed by atoms with van der Waals surface area (Å²) in [7, 11) is -3.83. The fourth-order valence-corrected chi connectivity index (χ4v) is 6.59. The lowest BCUT2D eigenvalue weighted by molar-refractivity contribution is 0.0759. The molecule has 0 bridgehead atoms. The number of rotatable bonds is 7. The molecule has 2 aromatic carbocycles. The van der Waals surface area contributed by atoms with Crippen molar-refractivity contribution in [1.82, 2.24) is 10.0 Å². The minimum absolute atomic E-state index is 0.128. The van der Waals surface area contributed by atoms with Crippen LogP contribution in [0, 0.1) is 5.82 Å². The third-order valence-electron chi connectivity index (χ3n) is 6.89. The Kier molecular flexibility index (Phi) is 7.78. The first-order valence-corrected chi connectivity index (χ1v) is 13.7. The smallest absolute Gasteiger partial charge is 0.299 e. The number of nitrogens with one attached hydrogen (secondary N) is 2. The Morgan fingerprint density at radius 2 is 1.83 bits per heavy atom. The van der Waals surface area contributed by atoms with Gasteiger partial charge in [0.1, 0.15) is 16.7 Å². The normalized spacial score (nSPS) is 23.9. The second-order valence-electron chi connectivity index (χ2n) is 9.80. The van der Waals surface area contributed by atoms with Gasteiger partial charge in [-0.15, -0.1) is 0 Å². The number of halogens is 1. The van der Waals surface area contributed by atoms with E-state index in [0.29, 0.717) is 5.92 Å². The van der Waals surface area contributed by atoms with E-state index in [1.807, 2.05) is 12.1 Å². The first-order chi connectivity index (χ1) is 16.7. The van der Waals surface area contributed by atoms with Crippen LogP contribution in [-0.4, -0.2) is 50.1 Å². The Balaban J connectivity index is 1.52. The van der Waals surface area contributed by atoms with Crippen molar-refractivity contribution in [3.05, 3.63) is 71.0 Å². The molecule has 0 aliphatic carbocycles. The van der Waals surface area contributed by atoms with Crippen LogP contribution in [0.3, 0.4) is 0 Å². The zero-order chi connectivity index (χ0) is 25.1. The molecule has 2 aliphatic heterocycles. The molecule has 2 saturated heterocycles. The van der Waals surface area contributed by atoms with Crippen LogP contribution in [0.25, 0.3) is 0 Å². The molecule has 1 unspecified atom stereocenters. The number of amidine groups is 1. The summed E-state index contributed by atoms with van der Waals surface area (Å²) in [4.78, 5) is 4.35. The Morgan fingerprint density at radius 1 is 1.14 bits per heavy atom. The van der Waals surface area contributed by atoms with Gasteiger partial charge in [-0.3, -0.25) is 0 Å². The van der Waals surface area contributed by atoms with Gasteiger partial charge in [-0.05, 0) is 75.7 Å². The summed E-state index contributed by atoms with van der Waals surface area (Å²) in [6.45, 7) is 5.24. The van der Waals surface area contributed by atoms with Crippen LogP contribution < -0.4 is 10.0 Å². The Labute approximate surface area is 206 Å². The van der Waals surface area contributed by atoms with Crippen molar-refractivity contribution in [3.63, 3.8) is 0 Å². The molecule has 9 heteroatoms. The fourth-order valence-electron chi connectivity index (χ4n) is 4.90. The van der Waals surface area contributed by atoms with Crippen LogP contribution in [0.2, 0.25) is 0 Å². The molecule has 7 nitrogen and oxygen atoms in total. The van der Waals surface area contributed by atoms with E-state index in [1.165, 1.54) is 11.6 Å². The fraction of sp³-hybridized carbons (Fsp3) is 0.500. The van der Waals surface area contributed by atoms with Gasteiger partial charge >= 0.3 is 0 Å². The molecule has 2 atom stereocenters. The van der Waals surface area contributed by atoms with Crippen molar-refractivity contribution < 1.29 is 22.7 Å². The molecule has 2 heterocycles. The maximum Gasteiger partial charge on any atom is 0.299 e. The van der Waals surface area contributed by atoms with E-state index in [1.54, 1.807) is 32.0 Å². The van der Waals surface area contributed by atoms with E-state index in [4.69, 9.17) is 4.74 Å². The number of ether oxygens (including phenoxy) is 1. The highest BCUT2D eigenvalue weighted by molar-refractivity contribution is 7.90. The van der Waals surface area contributed by atoms with E-state index >= 15 is 0 Å². The summed E-state index contributed by atoms with van der Waals surface area (Å²) in [5.74, 6) is 0.0595. The van der Waals surface area contributed by atoms with Crippen molar-refractivity contribution in [2.45, 2.75) is 62.3 Å². The number of benzene rings is 2. The Hall–Kier alpha value is -2.49. The van der Waals surface area contributed by atoms with Crippen molar-refractivity contribution in [2.75, 3.05) is 19.7 Å². The third-order valence-corrected chi connectivity index (χ3v) is 8.83. The number of aliphatic hydroxyl groups is 1. The molecule has 35 heavy (non-hydrogen) atoms. The molecule has 0 amide bonds. The van der Waals surface area contributed by atoms with Crippen LogP contribution >= 0.6 is 0 Å². The van der Waals surface area contributed by atoms with Gasteiger partial charge in [0.05, 0.1) is 6.04 Å².